The zero-order valence-electron chi connectivity index (χ0n) is 14.4. The molecule has 0 unspecified atom stereocenters. The Hall–Kier alpha value is -1.89. The van der Waals surface area contributed by atoms with Gasteiger partial charge in [0.25, 0.3) is 0 Å². The van der Waals surface area contributed by atoms with Crippen molar-refractivity contribution in [2.45, 2.75) is 57.5 Å². The monoisotopic (exact) mass is 333 g/mol. The summed E-state index contributed by atoms with van der Waals surface area (Å²) in [6.07, 6.45) is 0. The Morgan fingerprint density at radius 1 is 1.30 bits per heavy atom. The van der Waals surface area contributed by atoms with Crippen LogP contribution in [0.5, 0.6) is 0 Å². The number of nitrogens with one attached hydrogen (secondary N) is 1. The van der Waals surface area contributed by atoms with Crippen LogP contribution in [0.2, 0.25) is 0 Å². The van der Waals surface area contributed by atoms with Crippen LogP contribution in [0.15, 0.2) is 23.4 Å². The number of amides is 1. The highest BCUT2D eigenvalue weighted by molar-refractivity contribution is 8.00. The minimum absolute atomic E-state index is 0.0296. The van der Waals surface area contributed by atoms with Gasteiger partial charge in [0.2, 0.25) is 11.1 Å². The van der Waals surface area contributed by atoms with Gasteiger partial charge in [-0.25, -0.2) is 0 Å². The van der Waals surface area contributed by atoms with Gasteiger partial charge in [0.1, 0.15) is 0 Å². The van der Waals surface area contributed by atoms with Crippen molar-refractivity contribution in [1.82, 2.24) is 25.5 Å². The van der Waals surface area contributed by atoms with Crippen LogP contribution >= 0.6 is 11.8 Å². The minimum Gasteiger partial charge on any atom is -0.351 e. The van der Waals surface area contributed by atoms with E-state index in [1.54, 1.807) is 4.68 Å². The maximum absolute atomic E-state index is 12.2. The molecule has 0 bridgehead atoms. The van der Waals surface area contributed by atoms with E-state index in [2.05, 4.69) is 26.9 Å². The quantitative estimate of drug-likeness (QED) is 0.871. The topological polar surface area (TPSA) is 72.7 Å². The van der Waals surface area contributed by atoms with E-state index in [1.807, 2.05) is 53.7 Å². The van der Waals surface area contributed by atoms with Crippen molar-refractivity contribution in [2.75, 3.05) is 0 Å². The number of nitrogens with zero attached hydrogens (tertiary/aromatic N) is 4. The fourth-order valence-electron chi connectivity index (χ4n) is 2.03. The van der Waals surface area contributed by atoms with Crippen LogP contribution in [0.3, 0.4) is 0 Å². The Bertz CT molecular complexity index is 705. The van der Waals surface area contributed by atoms with Crippen molar-refractivity contribution >= 4 is 17.7 Å². The van der Waals surface area contributed by atoms with Crippen molar-refractivity contribution in [3.8, 4) is 5.69 Å². The van der Waals surface area contributed by atoms with Gasteiger partial charge < -0.3 is 5.32 Å². The Morgan fingerprint density at radius 3 is 2.65 bits per heavy atom. The molecule has 0 saturated carbocycles. The Kier molecular flexibility index (Phi) is 5.09. The van der Waals surface area contributed by atoms with E-state index in [9.17, 15) is 4.79 Å². The summed E-state index contributed by atoms with van der Waals surface area (Å²) in [7, 11) is 0. The van der Waals surface area contributed by atoms with Gasteiger partial charge in [-0.3, -0.25) is 4.79 Å². The normalized spacial score (nSPS) is 13.0. The first-order chi connectivity index (χ1) is 10.7. The zero-order valence-corrected chi connectivity index (χ0v) is 15.2. The largest absolute Gasteiger partial charge is 0.351 e. The van der Waals surface area contributed by atoms with Gasteiger partial charge in [0, 0.05) is 5.54 Å². The average molecular weight is 333 g/mol. The molecule has 1 N–H and O–H groups in total. The highest BCUT2D eigenvalue weighted by Gasteiger charge is 2.23. The predicted octanol–water partition coefficient (Wildman–Crippen LogP) is 2.67. The lowest BCUT2D eigenvalue weighted by atomic mass is 10.1. The first-order valence-corrected chi connectivity index (χ1v) is 8.40. The molecule has 1 atom stereocenters. The third-order valence-electron chi connectivity index (χ3n) is 3.18. The van der Waals surface area contributed by atoms with E-state index in [4.69, 9.17) is 0 Å². The van der Waals surface area contributed by atoms with Gasteiger partial charge in [-0.05, 0) is 69.2 Å². The van der Waals surface area contributed by atoms with Crippen LogP contribution in [0, 0.1) is 13.8 Å². The third kappa shape index (κ3) is 4.54. The maximum Gasteiger partial charge on any atom is 0.233 e. The molecule has 2 aromatic rings. The van der Waals surface area contributed by atoms with Gasteiger partial charge >= 0.3 is 0 Å². The highest BCUT2D eigenvalue weighted by Crippen LogP contribution is 2.25. The molecule has 1 aromatic carbocycles. The molecule has 7 heteroatoms. The molecule has 0 fully saturated rings. The van der Waals surface area contributed by atoms with Crippen molar-refractivity contribution in [3.05, 3.63) is 29.3 Å². The number of carbonyl (C=O) groups excluding carboxylic acids is 1. The van der Waals surface area contributed by atoms with Crippen LogP contribution in [0.25, 0.3) is 5.69 Å². The van der Waals surface area contributed by atoms with Gasteiger partial charge in [0.15, 0.2) is 0 Å². The molecule has 0 aliphatic heterocycles. The fourth-order valence-corrected chi connectivity index (χ4v) is 2.83. The molecule has 0 aliphatic rings. The summed E-state index contributed by atoms with van der Waals surface area (Å²) in [4.78, 5) is 12.2. The molecule has 1 heterocycles. The van der Waals surface area contributed by atoms with E-state index in [-0.39, 0.29) is 16.7 Å². The molecule has 124 valence electrons. The Balaban J connectivity index is 2.22. The van der Waals surface area contributed by atoms with Crippen molar-refractivity contribution in [3.63, 3.8) is 0 Å². The summed E-state index contributed by atoms with van der Waals surface area (Å²) < 4.78 is 1.69. The fraction of sp³-hybridized carbons (Fsp3) is 0.500. The Morgan fingerprint density at radius 2 is 2.00 bits per heavy atom. The number of hydrogen-bond acceptors (Lipinski definition) is 5. The molecule has 2 rings (SSSR count). The molecule has 0 radical (unpaired) electrons. The lowest BCUT2D eigenvalue weighted by Gasteiger charge is -2.22. The van der Waals surface area contributed by atoms with Gasteiger partial charge in [-0.15, -0.1) is 5.10 Å². The zero-order chi connectivity index (χ0) is 17.2. The number of hydrogen-bond donors (Lipinski definition) is 1. The number of aromatic nitrogens is 4. The van der Waals surface area contributed by atoms with E-state index in [0.29, 0.717) is 5.16 Å². The molecule has 0 saturated heterocycles. The maximum atomic E-state index is 12.2. The standard InChI is InChI=1S/C16H23N5OS/c1-10-7-8-11(2)13(9-10)21-15(18-19-20-21)23-12(3)14(22)17-16(4,5)6/h7-9,12H,1-6H3,(H,17,22)/t12-/m0/s1. The predicted molar refractivity (Wildman–Crippen MR) is 91.8 cm³/mol. The van der Waals surface area contributed by atoms with Crippen molar-refractivity contribution in [1.29, 1.82) is 0 Å². The minimum atomic E-state index is -0.288. The van der Waals surface area contributed by atoms with E-state index in [0.717, 1.165) is 16.8 Å². The smallest absolute Gasteiger partial charge is 0.233 e. The number of aryl methyl sites for hydroxylation is 2. The van der Waals surface area contributed by atoms with Gasteiger partial charge in [-0.2, -0.15) is 4.68 Å². The van der Waals surface area contributed by atoms with Crippen LogP contribution in [-0.4, -0.2) is 36.9 Å². The lowest BCUT2D eigenvalue weighted by Crippen LogP contribution is -2.44. The summed E-state index contributed by atoms with van der Waals surface area (Å²) in [6.45, 7) is 11.8. The summed E-state index contributed by atoms with van der Waals surface area (Å²) >= 11 is 1.35. The van der Waals surface area contributed by atoms with Crippen LogP contribution in [0.1, 0.15) is 38.8 Å². The summed E-state index contributed by atoms with van der Waals surface area (Å²) in [6, 6.07) is 6.13. The second-order valence-electron chi connectivity index (χ2n) is 6.66. The molecular formula is C16H23N5OS. The SMILES string of the molecule is Cc1ccc(C)c(-n2nnnc2S[C@@H](C)C(=O)NC(C)(C)C)c1. The van der Waals surface area contributed by atoms with Crippen molar-refractivity contribution in [2.24, 2.45) is 0 Å². The van der Waals surface area contributed by atoms with Crippen LogP contribution in [-0.2, 0) is 4.79 Å². The molecular weight excluding hydrogens is 310 g/mol. The first kappa shape index (κ1) is 17.5. The van der Waals surface area contributed by atoms with Gasteiger partial charge in [0.05, 0.1) is 10.9 Å². The number of thioether (sulfide) groups is 1. The average Bonchev–Trinajstić information content (AvgIpc) is 2.87. The number of tetrazole rings is 1. The lowest BCUT2D eigenvalue weighted by molar-refractivity contribution is -0.121. The van der Waals surface area contributed by atoms with Crippen molar-refractivity contribution < 1.29 is 4.79 Å². The van der Waals surface area contributed by atoms with E-state index in [1.165, 1.54) is 11.8 Å². The molecule has 1 amide bonds. The molecule has 6 nitrogen and oxygen atoms in total. The third-order valence-corrected chi connectivity index (χ3v) is 4.22. The Labute approximate surface area is 141 Å². The molecule has 0 spiro atoms. The second kappa shape index (κ2) is 6.70. The van der Waals surface area contributed by atoms with E-state index < -0.39 is 0 Å². The summed E-state index contributed by atoms with van der Waals surface area (Å²) in [5.74, 6) is -0.0296. The van der Waals surface area contributed by atoms with Gasteiger partial charge in [-0.1, -0.05) is 23.9 Å². The summed E-state index contributed by atoms with van der Waals surface area (Å²) in [5, 5.41) is 15.2. The number of carbonyl (C=O) groups is 1. The van der Waals surface area contributed by atoms with E-state index >= 15 is 0 Å². The second-order valence-corrected chi connectivity index (χ2v) is 7.97. The number of rotatable bonds is 4. The molecule has 0 aliphatic carbocycles. The number of benzene rings is 1. The first-order valence-electron chi connectivity index (χ1n) is 7.52. The van der Waals surface area contributed by atoms with Crippen LogP contribution < -0.4 is 5.32 Å². The summed E-state index contributed by atoms with van der Waals surface area (Å²) in [5.41, 5.74) is 2.89. The molecule has 1 aromatic heterocycles. The highest BCUT2D eigenvalue weighted by atomic mass is 32.2. The molecule has 23 heavy (non-hydrogen) atoms. The van der Waals surface area contributed by atoms with Crippen LogP contribution in [0.4, 0.5) is 0 Å².